The number of benzene rings is 1. The zero-order chi connectivity index (χ0) is 29.8. The molecule has 1 rings (SSSR count). The first-order chi connectivity index (χ1) is 18.1. The van der Waals surface area contributed by atoms with E-state index in [0.29, 0.717) is 42.0 Å². The molecule has 0 saturated carbocycles. The monoisotopic (exact) mass is 584 g/mol. The van der Waals surface area contributed by atoms with Gasteiger partial charge in [-0.3, -0.25) is 27.7 Å². The Bertz CT molecular complexity index is 1090. The molecule has 218 valence electrons. The Labute approximate surface area is 234 Å². The summed E-state index contributed by atoms with van der Waals surface area (Å²) in [6.45, 7) is 15.5. The van der Waals surface area contributed by atoms with Gasteiger partial charge in [-0.05, 0) is 50.0 Å². The highest BCUT2D eigenvalue weighted by atomic mass is 31.2. The Hall–Kier alpha value is -2.15. The third-order valence-electron chi connectivity index (χ3n) is 6.34. The summed E-state index contributed by atoms with van der Waals surface area (Å²) in [5, 5.41) is -1.15. The summed E-state index contributed by atoms with van der Waals surface area (Å²) >= 11 is 0. The van der Waals surface area contributed by atoms with Crippen LogP contribution < -0.4 is 0 Å². The number of carbonyl (C=O) groups excluding carboxylic acids is 2. The van der Waals surface area contributed by atoms with Crippen molar-refractivity contribution in [1.29, 1.82) is 0 Å². The summed E-state index contributed by atoms with van der Waals surface area (Å²) in [7, 11) is -2.81. The highest BCUT2D eigenvalue weighted by Gasteiger charge is 2.34. The van der Waals surface area contributed by atoms with Gasteiger partial charge in [0.15, 0.2) is 14.2 Å². The molecule has 0 aliphatic carbocycles. The predicted molar refractivity (Wildman–Crippen MR) is 153 cm³/mol. The quantitative estimate of drug-likeness (QED) is 0.0510. The molecule has 11 heteroatoms. The lowest BCUT2D eigenvalue weighted by Crippen LogP contribution is -2.46. The molecule has 0 heterocycles. The second kappa shape index (κ2) is 16.2. The number of quaternary nitrogens is 1. The molecule has 39 heavy (non-hydrogen) atoms. The third kappa shape index (κ3) is 12.3. The van der Waals surface area contributed by atoms with Gasteiger partial charge in [-0.1, -0.05) is 52.5 Å². The fourth-order valence-corrected chi connectivity index (χ4v) is 5.27. The van der Waals surface area contributed by atoms with Crippen LogP contribution in [0.1, 0.15) is 70.3 Å². The number of allylic oxidation sites excluding steroid dienone is 2. The van der Waals surface area contributed by atoms with Crippen molar-refractivity contribution in [3.05, 3.63) is 53.8 Å². The van der Waals surface area contributed by atoms with Gasteiger partial charge in [0.1, 0.15) is 11.9 Å². The standard InChI is InChI=1S/C28H43NO8P2/c1-20(2)24(7)35-18-29(8,16-14-22(5)25-11-9-12-26(17-25)23(6)30)15-10-13-27(38-32)39(33,34)37-19-36-28(31)21(3)4/h9,11-12,14,17,20-21,27H,7,10,13,15-16,18-19H2,1-6,8H3/p+1/b22-14+. The number of hydrogen-bond donors (Lipinski definition) is 1. The van der Waals surface area contributed by atoms with Crippen LogP contribution in [0.15, 0.2) is 42.7 Å². The van der Waals surface area contributed by atoms with Crippen molar-refractivity contribution in [2.45, 2.75) is 59.8 Å². The van der Waals surface area contributed by atoms with E-state index in [-0.39, 0.29) is 18.1 Å². The van der Waals surface area contributed by atoms with Crippen molar-refractivity contribution in [2.75, 3.05) is 33.7 Å². The SMILES string of the molecule is C=C(OC[N+](C)(C/C=C(\C)c1cccc(C(C)=O)c1)CCCC(P=O)P(=O)(O)OCOC(=O)C(C)C)C(C)C. The van der Waals surface area contributed by atoms with E-state index in [0.717, 1.165) is 11.1 Å². The van der Waals surface area contributed by atoms with Crippen molar-refractivity contribution in [3.8, 4) is 0 Å². The highest BCUT2D eigenvalue weighted by molar-refractivity contribution is 7.62. The van der Waals surface area contributed by atoms with Crippen molar-refractivity contribution < 1.29 is 42.1 Å². The van der Waals surface area contributed by atoms with Crippen LogP contribution in [0.2, 0.25) is 0 Å². The van der Waals surface area contributed by atoms with Gasteiger partial charge in [0.25, 0.3) is 0 Å². The molecule has 1 aromatic rings. The van der Waals surface area contributed by atoms with E-state index in [1.807, 2.05) is 46.0 Å². The number of hydrogen-bond acceptors (Lipinski definition) is 7. The minimum atomic E-state index is -4.29. The van der Waals surface area contributed by atoms with E-state index in [1.165, 1.54) is 6.92 Å². The normalized spacial score (nSPS) is 16.0. The average Bonchev–Trinajstić information content (AvgIpc) is 2.88. The first-order valence-corrected chi connectivity index (χ1v) is 15.5. The molecular weight excluding hydrogens is 540 g/mol. The Kier molecular flexibility index (Phi) is 14.5. The van der Waals surface area contributed by atoms with E-state index in [1.54, 1.807) is 19.9 Å². The fraction of sp³-hybridized carbons (Fsp3) is 0.571. The van der Waals surface area contributed by atoms with E-state index < -0.39 is 40.1 Å². The van der Waals surface area contributed by atoms with Crippen LogP contribution in [0.5, 0.6) is 0 Å². The van der Waals surface area contributed by atoms with Crippen LogP contribution in [0.4, 0.5) is 0 Å². The second-order valence-corrected chi connectivity index (χ2v) is 13.9. The van der Waals surface area contributed by atoms with Crippen LogP contribution in [0, 0.1) is 11.8 Å². The predicted octanol–water partition coefficient (Wildman–Crippen LogP) is 6.64. The summed E-state index contributed by atoms with van der Waals surface area (Å²) in [5.41, 5.74) is 2.60. The number of ketones is 1. The summed E-state index contributed by atoms with van der Waals surface area (Å²) in [6.07, 6.45) is 2.69. The lowest BCUT2D eigenvalue weighted by Gasteiger charge is -2.34. The van der Waals surface area contributed by atoms with E-state index in [4.69, 9.17) is 14.0 Å². The highest BCUT2D eigenvalue weighted by Crippen LogP contribution is 2.53. The topological polar surface area (TPSA) is 116 Å². The molecule has 1 N–H and O–H groups in total. The summed E-state index contributed by atoms with van der Waals surface area (Å²) in [4.78, 5) is 33.7. The van der Waals surface area contributed by atoms with E-state index >= 15 is 0 Å². The number of likely N-dealkylation sites (N-methyl/N-ethyl adjacent to an activating group) is 1. The number of ether oxygens (including phenoxy) is 2. The maximum absolute atomic E-state index is 12.6. The fourth-order valence-electron chi connectivity index (χ4n) is 3.42. The van der Waals surface area contributed by atoms with Gasteiger partial charge < -0.3 is 14.4 Å². The van der Waals surface area contributed by atoms with Gasteiger partial charge in [-0.2, -0.15) is 0 Å². The van der Waals surface area contributed by atoms with Crippen molar-refractivity contribution >= 4 is 33.4 Å². The summed E-state index contributed by atoms with van der Waals surface area (Å²) < 4.78 is 40.6. The Balaban J connectivity index is 2.94. The molecule has 3 unspecified atom stereocenters. The van der Waals surface area contributed by atoms with Crippen LogP contribution >= 0.6 is 16.1 Å². The number of Topliss-reactive ketones (excluding diaryl/α,β-unsaturated/α-hetero) is 1. The van der Waals surface area contributed by atoms with Gasteiger partial charge in [0.2, 0.25) is 13.5 Å². The second-order valence-electron chi connectivity index (χ2n) is 10.6. The first kappa shape index (κ1) is 34.9. The first-order valence-electron chi connectivity index (χ1n) is 13.0. The van der Waals surface area contributed by atoms with Gasteiger partial charge in [-0.15, -0.1) is 0 Å². The molecule has 9 nitrogen and oxygen atoms in total. The van der Waals surface area contributed by atoms with Gasteiger partial charge in [0, 0.05) is 11.5 Å². The van der Waals surface area contributed by atoms with E-state index in [9.17, 15) is 23.6 Å². The smallest absolute Gasteiger partial charge is 0.345 e. The summed E-state index contributed by atoms with van der Waals surface area (Å²) in [6, 6.07) is 7.46. The van der Waals surface area contributed by atoms with Crippen LogP contribution in [0.25, 0.3) is 5.57 Å². The molecule has 1 aromatic carbocycles. The number of esters is 1. The molecule has 0 radical (unpaired) electrons. The Morgan fingerprint density at radius 3 is 2.33 bits per heavy atom. The van der Waals surface area contributed by atoms with Crippen molar-refractivity contribution in [1.82, 2.24) is 0 Å². The molecule has 0 bridgehead atoms. The zero-order valence-corrected chi connectivity index (χ0v) is 26.0. The molecule has 3 atom stereocenters. The van der Waals surface area contributed by atoms with E-state index in [2.05, 4.69) is 12.7 Å². The minimum absolute atomic E-state index is 0.00122. The molecule has 0 aliphatic heterocycles. The lowest BCUT2D eigenvalue weighted by molar-refractivity contribution is -0.921. The van der Waals surface area contributed by atoms with Crippen molar-refractivity contribution in [2.24, 2.45) is 11.8 Å². The van der Waals surface area contributed by atoms with Crippen LogP contribution in [-0.2, 0) is 27.9 Å². The lowest BCUT2D eigenvalue weighted by atomic mass is 10.0. The van der Waals surface area contributed by atoms with Gasteiger partial charge >= 0.3 is 13.6 Å². The summed E-state index contributed by atoms with van der Waals surface area (Å²) in [5.74, 6) is -0.148. The Morgan fingerprint density at radius 1 is 1.13 bits per heavy atom. The van der Waals surface area contributed by atoms with Gasteiger partial charge in [0.05, 0.1) is 25.3 Å². The molecule has 0 aliphatic rings. The number of carbonyl (C=O) groups is 2. The molecule has 0 amide bonds. The Morgan fingerprint density at radius 2 is 1.77 bits per heavy atom. The molecule has 0 aromatic heterocycles. The molecule has 0 saturated heterocycles. The molecule has 0 fully saturated rings. The van der Waals surface area contributed by atoms with Crippen LogP contribution in [0.3, 0.4) is 0 Å². The number of nitrogens with zero attached hydrogens (tertiary/aromatic N) is 1. The largest absolute Gasteiger partial charge is 0.450 e. The van der Waals surface area contributed by atoms with Crippen LogP contribution in [-0.4, -0.2) is 60.2 Å². The molecule has 0 spiro atoms. The van der Waals surface area contributed by atoms with Crippen molar-refractivity contribution in [3.63, 3.8) is 0 Å². The third-order valence-corrected chi connectivity index (χ3v) is 9.48. The van der Waals surface area contributed by atoms with Gasteiger partial charge in [-0.25, -0.2) is 0 Å². The maximum atomic E-state index is 12.6. The zero-order valence-electron chi connectivity index (χ0n) is 24.2. The minimum Gasteiger partial charge on any atom is -0.450 e. The molecular formula is C28H44NO8P2+. The average molecular weight is 585 g/mol. The number of rotatable bonds is 18. The maximum Gasteiger partial charge on any atom is 0.345 e.